The molecule has 0 aliphatic heterocycles. The number of hydrogen-bond donors (Lipinski definition) is 3. The maximum Gasteiger partial charge on any atom is 0.224 e. The molecule has 0 radical (unpaired) electrons. The van der Waals surface area contributed by atoms with Gasteiger partial charge in [0, 0.05) is 31.7 Å². The Kier molecular flexibility index (Phi) is 17.0. The second-order valence-electron chi connectivity index (χ2n) is 10.0. The second kappa shape index (κ2) is 19.1. The van der Waals surface area contributed by atoms with E-state index in [4.69, 9.17) is 4.74 Å². The number of carbonyl (C=O) groups excluding carboxylic acids is 2. The van der Waals surface area contributed by atoms with Gasteiger partial charge in [-0.15, -0.1) is 12.4 Å². The maximum absolute atomic E-state index is 13.4. The monoisotopic (exact) mass is 564 g/mol. The number of carbonyl (C=O) groups is 2. The molecule has 0 aliphatic rings. The fourth-order valence-corrected chi connectivity index (χ4v) is 4.95. The Morgan fingerprint density at radius 3 is 2.34 bits per heavy atom. The molecule has 0 heterocycles. The summed E-state index contributed by atoms with van der Waals surface area (Å²) in [4.78, 5) is 25.0. The van der Waals surface area contributed by atoms with E-state index in [1.807, 2.05) is 54.6 Å². The smallest absolute Gasteiger partial charge is 0.224 e. The third kappa shape index (κ3) is 13.7. The number of amides is 1. The number of unbranched alkanes of at least 4 members (excludes halogenated alkanes) is 1. The fourth-order valence-electron chi connectivity index (χ4n) is 4.19. The Bertz CT molecular complexity index is 945. The first kappa shape index (κ1) is 34.0. The molecule has 212 valence electrons. The minimum absolute atomic E-state index is 0. The highest BCUT2D eigenvalue weighted by atomic mass is 35.5. The first-order chi connectivity index (χ1) is 17.8. The third-order valence-electron chi connectivity index (χ3n) is 6.35. The molecule has 2 aromatic rings. The number of rotatable bonds is 17. The van der Waals surface area contributed by atoms with Crippen molar-refractivity contribution in [3.8, 4) is 5.75 Å². The standard InChI is InChI=1S/C30H44N2O4S.ClH/c1-22(2)11-8-9-15-26(21-37-23(3)33)30(35)32-28(18-24-12-6-5-7-13-24)29(34)20-31-19-25-14-10-16-27(17-25)36-4;/h5-7,10,12-14,16-17,22,26,28-29,31,34H,8-9,11,15,18-21H2,1-4H3,(H,32,35);1H/t26?,28-,29+;/m0./s1. The van der Waals surface area contributed by atoms with Crippen molar-refractivity contribution in [2.45, 2.75) is 71.6 Å². The highest BCUT2D eigenvalue weighted by Crippen LogP contribution is 2.19. The van der Waals surface area contributed by atoms with E-state index in [-0.39, 0.29) is 29.3 Å². The molecule has 6 nitrogen and oxygen atoms in total. The quantitative estimate of drug-likeness (QED) is 0.223. The van der Waals surface area contributed by atoms with Crippen molar-refractivity contribution in [1.29, 1.82) is 0 Å². The zero-order valence-electron chi connectivity index (χ0n) is 23.2. The van der Waals surface area contributed by atoms with Gasteiger partial charge in [0.15, 0.2) is 5.12 Å². The number of aliphatic hydroxyl groups excluding tert-OH is 1. The van der Waals surface area contributed by atoms with Crippen molar-refractivity contribution in [3.63, 3.8) is 0 Å². The van der Waals surface area contributed by atoms with E-state index in [9.17, 15) is 14.7 Å². The number of benzene rings is 2. The van der Waals surface area contributed by atoms with Gasteiger partial charge in [-0.1, -0.05) is 87.3 Å². The molecule has 0 aliphatic carbocycles. The van der Waals surface area contributed by atoms with Gasteiger partial charge >= 0.3 is 0 Å². The average Bonchev–Trinajstić information content (AvgIpc) is 2.88. The number of nitrogens with one attached hydrogen (secondary N) is 2. The molecule has 8 heteroatoms. The summed E-state index contributed by atoms with van der Waals surface area (Å²) in [6.07, 6.45) is 3.62. The predicted octanol–water partition coefficient (Wildman–Crippen LogP) is 5.41. The SMILES string of the molecule is COc1cccc(CNC[C@@H](O)[C@H](Cc2ccccc2)NC(=O)C(CCCCC(C)C)CSC(C)=O)c1.Cl. The van der Waals surface area contributed by atoms with Crippen molar-refractivity contribution in [2.24, 2.45) is 11.8 Å². The van der Waals surface area contributed by atoms with Gasteiger partial charge in [-0.3, -0.25) is 9.59 Å². The van der Waals surface area contributed by atoms with Crippen LogP contribution in [0.3, 0.4) is 0 Å². The van der Waals surface area contributed by atoms with Gasteiger partial charge in [0.1, 0.15) is 5.75 Å². The molecule has 0 fully saturated rings. The van der Waals surface area contributed by atoms with E-state index in [2.05, 4.69) is 24.5 Å². The van der Waals surface area contributed by atoms with Gasteiger partial charge in [0.05, 0.1) is 19.3 Å². The highest BCUT2D eigenvalue weighted by Gasteiger charge is 2.26. The van der Waals surface area contributed by atoms with Gasteiger partial charge in [0.25, 0.3) is 0 Å². The predicted molar refractivity (Wildman–Crippen MR) is 160 cm³/mol. The summed E-state index contributed by atoms with van der Waals surface area (Å²) >= 11 is 1.20. The van der Waals surface area contributed by atoms with Crippen LogP contribution in [0.15, 0.2) is 54.6 Å². The van der Waals surface area contributed by atoms with Crippen LogP contribution in [0.1, 0.15) is 57.6 Å². The van der Waals surface area contributed by atoms with Gasteiger partial charge < -0.3 is 20.5 Å². The molecule has 2 aromatic carbocycles. The summed E-state index contributed by atoms with van der Waals surface area (Å²) in [6.45, 7) is 6.85. The third-order valence-corrected chi connectivity index (χ3v) is 7.33. The fraction of sp³-hybridized carbons (Fsp3) is 0.533. The van der Waals surface area contributed by atoms with Crippen LogP contribution in [-0.2, 0) is 22.6 Å². The van der Waals surface area contributed by atoms with Crippen molar-refractivity contribution >= 4 is 35.2 Å². The Labute approximate surface area is 239 Å². The van der Waals surface area contributed by atoms with Crippen LogP contribution in [-0.4, -0.2) is 47.7 Å². The summed E-state index contributed by atoms with van der Waals surface area (Å²) in [5.74, 6) is 1.53. The van der Waals surface area contributed by atoms with E-state index in [0.717, 1.165) is 42.6 Å². The molecule has 3 atom stereocenters. The summed E-state index contributed by atoms with van der Waals surface area (Å²) in [6, 6.07) is 17.2. The zero-order valence-corrected chi connectivity index (χ0v) is 24.8. The number of thioether (sulfide) groups is 1. The molecule has 0 saturated carbocycles. The molecule has 0 bridgehead atoms. The average molecular weight is 565 g/mol. The van der Waals surface area contributed by atoms with Gasteiger partial charge in [-0.05, 0) is 42.0 Å². The van der Waals surface area contributed by atoms with Crippen LogP contribution in [0.25, 0.3) is 0 Å². The minimum atomic E-state index is -0.781. The van der Waals surface area contributed by atoms with Crippen molar-refractivity contribution < 1.29 is 19.4 Å². The number of hydrogen-bond acceptors (Lipinski definition) is 6. The van der Waals surface area contributed by atoms with Gasteiger partial charge in [0.2, 0.25) is 5.91 Å². The van der Waals surface area contributed by atoms with E-state index in [0.29, 0.717) is 31.2 Å². The van der Waals surface area contributed by atoms with E-state index < -0.39 is 12.1 Å². The first-order valence-electron chi connectivity index (χ1n) is 13.3. The number of aliphatic hydroxyl groups is 1. The van der Waals surface area contributed by atoms with Crippen LogP contribution in [0, 0.1) is 11.8 Å². The Morgan fingerprint density at radius 2 is 1.68 bits per heavy atom. The van der Waals surface area contributed by atoms with Crippen LogP contribution in [0.5, 0.6) is 5.75 Å². The van der Waals surface area contributed by atoms with Crippen molar-refractivity contribution in [3.05, 3.63) is 65.7 Å². The molecule has 1 amide bonds. The Balaban J connectivity index is 0.00000722. The molecule has 38 heavy (non-hydrogen) atoms. The Hall–Kier alpha value is -2.06. The van der Waals surface area contributed by atoms with E-state index in [1.54, 1.807) is 7.11 Å². The lowest BCUT2D eigenvalue weighted by Gasteiger charge is -2.27. The number of methoxy groups -OCH3 is 1. The van der Waals surface area contributed by atoms with Crippen LogP contribution in [0.2, 0.25) is 0 Å². The summed E-state index contributed by atoms with van der Waals surface area (Å²) < 4.78 is 5.29. The molecule has 2 rings (SSSR count). The van der Waals surface area contributed by atoms with Crippen LogP contribution in [0.4, 0.5) is 0 Å². The summed E-state index contributed by atoms with van der Waals surface area (Å²) in [5.41, 5.74) is 2.10. The molecule has 0 spiro atoms. The van der Waals surface area contributed by atoms with Crippen molar-refractivity contribution in [1.82, 2.24) is 10.6 Å². The van der Waals surface area contributed by atoms with Crippen LogP contribution < -0.4 is 15.4 Å². The topological polar surface area (TPSA) is 87.7 Å². The lowest BCUT2D eigenvalue weighted by molar-refractivity contribution is -0.126. The van der Waals surface area contributed by atoms with Gasteiger partial charge in [-0.2, -0.15) is 0 Å². The molecular weight excluding hydrogens is 520 g/mol. The molecular formula is C30H45ClN2O4S. The molecule has 0 saturated heterocycles. The summed E-state index contributed by atoms with van der Waals surface area (Å²) in [7, 11) is 1.64. The van der Waals surface area contributed by atoms with E-state index in [1.165, 1.54) is 18.7 Å². The number of ether oxygens (including phenoxy) is 1. The Morgan fingerprint density at radius 1 is 1.00 bits per heavy atom. The van der Waals surface area contributed by atoms with Crippen LogP contribution >= 0.6 is 24.2 Å². The van der Waals surface area contributed by atoms with E-state index >= 15 is 0 Å². The molecule has 0 aromatic heterocycles. The van der Waals surface area contributed by atoms with Gasteiger partial charge in [-0.25, -0.2) is 0 Å². The highest BCUT2D eigenvalue weighted by molar-refractivity contribution is 8.13. The number of halogens is 1. The lowest BCUT2D eigenvalue weighted by atomic mass is 9.97. The second-order valence-corrected chi connectivity index (χ2v) is 11.2. The van der Waals surface area contributed by atoms with Crippen molar-refractivity contribution in [2.75, 3.05) is 19.4 Å². The molecule has 3 N–H and O–H groups in total. The largest absolute Gasteiger partial charge is 0.497 e. The minimum Gasteiger partial charge on any atom is -0.497 e. The maximum atomic E-state index is 13.4. The first-order valence-corrected chi connectivity index (χ1v) is 14.3. The molecule has 1 unspecified atom stereocenters. The zero-order chi connectivity index (χ0) is 27.0. The normalized spacial score (nSPS) is 13.3. The summed E-state index contributed by atoms with van der Waals surface area (Å²) in [5, 5.41) is 17.6. The lowest BCUT2D eigenvalue weighted by Crippen LogP contribution is -2.50.